The molecular formula is C15H14F3N5O4S. The monoisotopic (exact) mass is 417 g/mol. The highest BCUT2D eigenvalue weighted by Gasteiger charge is 2.44. The minimum absolute atomic E-state index is 0.00986. The quantitative estimate of drug-likeness (QED) is 0.648. The summed E-state index contributed by atoms with van der Waals surface area (Å²) < 4.78 is 69.2. The van der Waals surface area contributed by atoms with E-state index in [1.54, 1.807) is 0 Å². The third-order valence-corrected chi connectivity index (χ3v) is 5.68. The van der Waals surface area contributed by atoms with Gasteiger partial charge in [0.15, 0.2) is 0 Å². The van der Waals surface area contributed by atoms with Gasteiger partial charge in [-0.3, -0.25) is 8.96 Å². The Hall–Kier alpha value is -2.67. The molecule has 150 valence electrons. The Balaban J connectivity index is 1.97. The lowest BCUT2D eigenvalue weighted by Gasteiger charge is -2.11. The van der Waals surface area contributed by atoms with Crippen LogP contribution in [0, 0.1) is 5.41 Å². The summed E-state index contributed by atoms with van der Waals surface area (Å²) in [6.07, 6.45) is -1.87. The molecular weight excluding hydrogens is 403 g/mol. The third kappa shape index (κ3) is 2.99. The minimum atomic E-state index is -4.10. The van der Waals surface area contributed by atoms with E-state index in [-0.39, 0.29) is 22.5 Å². The molecule has 0 spiro atoms. The molecule has 0 radical (unpaired) electrons. The zero-order valence-electron chi connectivity index (χ0n) is 14.2. The summed E-state index contributed by atoms with van der Waals surface area (Å²) in [6.45, 7) is -0.589. The maximum Gasteiger partial charge on any atom is 0.337 e. The molecule has 1 aliphatic rings. The van der Waals surface area contributed by atoms with Gasteiger partial charge < -0.3 is 4.42 Å². The van der Waals surface area contributed by atoms with Gasteiger partial charge in [0.2, 0.25) is 10.0 Å². The van der Waals surface area contributed by atoms with E-state index < -0.39 is 46.1 Å². The summed E-state index contributed by atoms with van der Waals surface area (Å²) in [5.41, 5.74) is -1.15. The lowest BCUT2D eigenvalue weighted by atomic mass is 10.1. The number of benzene rings is 1. The largest absolute Gasteiger partial charge is 0.401 e. The van der Waals surface area contributed by atoms with Crippen LogP contribution >= 0.6 is 0 Å². The van der Waals surface area contributed by atoms with Crippen molar-refractivity contribution in [2.24, 2.45) is 10.6 Å². The van der Waals surface area contributed by atoms with Crippen molar-refractivity contribution >= 4 is 21.1 Å². The number of hydrogen-bond donors (Lipinski definition) is 1. The van der Waals surface area contributed by atoms with E-state index in [0.717, 1.165) is 10.6 Å². The van der Waals surface area contributed by atoms with Crippen LogP contribution in [0.5, 0.6) is 0 Å². The molecule has 1 aliphatic carbocycles. The van der Waals surface area contributed by atoms with Gasteiger partial charge in [-0.2, -0.15) is 8.78 Å². The van der Waals surface area contributed by atoms with Crippen LogP contribution in [0.25, 0.3) is 17.0 Å². The Morgan fingerprint density at radius 1 is 1.25 bits per heavy atom. The fraction of sp³-hybridized carbons (Fsp3) is 0.400. The van der Waals surface area contributed by atoms with Crippen molar-refractivity contribution in [3.63, 3.8) is 0 Å². The molecule has 3 aromatic rings. The predicted molar refractivity (Wildman–Crippen MR) is 89.4 cm³/mol. The number of hydrogen-bond acceptors (Lipinski definition) is 6. The Bertz CT molecular complexity index is 1230. The molecule has 4 rings (SSSR count). The van der Waals surface area contributed by atoms with Crippen LogP contribution < -0.4 is 10.8 Å². The van der Waals surface area contributed by atoms with Gasteiger partial charge in [0, 0.05) is 12.0 Å². The fourth-order valence-corrected chi connectivity index (χ4v) is 3.54. The van der Waals surface area contributed by atoms with Crippen LogP contribution in [0.2, 0.25) is 0 Å². The van der Waals surface area contributed by atoms with Crippen molar-refractivity contribution in [3.05, 3.63) is 34.6 Å². The molecule has 0 aliphatic heterocycles. The third-order valence-electron chi connectivity index (χ3n) is 4.77. The molecule has 1 fully saturated rings. The van der Waals surface area contributed by atoms with Crippen LogP contribution in [-0.2, 0) is 16.6 Å². The van der Waals surface area contributed by atoms with Crippen LogP contribution in [0.15, 0.2) is 32.3 Å². The van der Waals surface area contributed by atoms with Crippen LogP contribution in [0.1, 0.15) is 25.2 Å². The minimum Gasteiger partial charge on any atom is -0.401 e. The van der Waals surface area contributed by atoms with Gasteiger partial charge in [-0.25, -0.2) is 22.9 Å². The first-order valence-electron chi connectivity index (χ1n) is 8.11. The van der Waals surface area contributed by atoms with Crippen molar-refractivity contribution in [1.82, 2.24) is 19.3 Å². The number of aromatic nitrogens is 4. The maximum absolute atomic E-state index is 13.4. The Morgan fingerprint density at radius 3 is 2.50 bits per heavy atom. The molecule has 9 nitrogen and oxygen atoms in total. The number of sulfonamides is 1. The van der Waals surface area contributed by atoms with E-state index in [1.165, 1.54) is 16.7 Å². The first-order valence-corrected chi connectivity index (χ1v) is 9.66. The number of nitrogens with zero attached hydrogens (tertiary/aromatic N) is 4. The molecule has 1 aromatic carbocycles. The molecule has 0 unspecified atom stereocenters. The second-order valence-corrected chi connectivity index (χ2v) is 8.32. The van der Waals surface area contributed by atoms with E-state index >= 15 is 0 Å². The highest BCUT2D eigenvalue weighted by atomic mass is 32.2. The Kier molecular flexibility index (Phi) is 4.12. The number of halogens is 3. The zero-order chi connectivity index (χ0) is 20.3. The number of nitrogens with two attached hydrogens (primary N) is 1. The van der Waals surface area contributed by atoms with Gasteiger partial charge in [0.25, 0.3) is 5.89 Å². The van der Waals surface area contributed by atoms with Crippen molar-refractivity contribution in [2.45, 2.75) is 30.7 Å². The van der Waals surface area contributed by atoms with Gasteiger partial charge in [-0.05, 0) is 31.0 Å². The normalized spacial score (nSPS) is 16.2. The molecule has 0 amide bonds. The number of alkyl halides is 3. The number of primary sulfonamides is 1. The van der Waals surface area contributed by atoms with Crippen LogP contribution in [-0.4, -0.2) is 34.4 Å². The van der Waals surface area contributed by atoms with Crippen molar-refractivity contribution < 1.29 is 26.0 Å². The molecule has 0 saturated heterocycles. The van der Waals surface area contributed by atoms with E-state index in [0.29, 0.717) is 12.8 Å². The summed E-state index contributed by atoms with van der Waals surface area (Å²) in [7, 11) is -4.10. The highest BCUT2D eigenvalue weighted by Crippen LogP contribution is 2.47. The van der Waals surface area contributed by atoms with E-state index in [4.69, 9.17) is 9.56 Å². The van der Waals surface area contributed by atoms with Crippen molar-refractivity contribution in [2.75, 3.05) is 6.67 Å². The van der Waals surface area contributed by atoms with E-state index in [1.807, 2.05) is 0 Å². The predicted octanol–water partition coefficient (Wildman–Crippen LogP) is 1.51. The molecule has 28 heavy (non-hydrogen) atoms. The van der Waals surface area contributed by atoms with Gasteiger partial charge in [-0.15, -0.1) is 5.10 Å². The standard InChI is InChI=1S/C15H14F3N5O4S/c16-6-15(3-4-15)7-22-9-2-1-8(28(19,25)26)5-10(9)23(14(22)24)13-21-20-12(27-13)11(17)18/h1-2,5,11H,3-4,6-7H2,(H2,19,25,26). The lowest BCUT2D eigenvalue weighted by Crippen LogP contribution is -2.27. The lowest BCUT2D eigenvalue weighted by molar-refractivity contribution is 0.115. The SMILES string of the molecule is NS(=O)(=O)c1ccc2c(c1)n(-c1nnc(C(F)F)o1)c(=O)n2CC1(CF)CC1. The first-order chi connectivity index (χ1) is 13.1. The van der Waals surface area contributed by atoms with Crippen molar-refractivity contribution in [1.29, 1.82) is 0 Å². The first kappa shape index (κ1) is 18.7. The zero-order valence-corrected chi connectivity index (χ0v) is 15.0. The summed E-state index contributed by atoms with van der Waals surface area (Å²) in [4.78, 5) is 12.7. The average molecular weight is 417 g/mol. The number of rotatable bonds is 6. The number of fused-ring (bicyclic) bond motifs is 1. The number of imidazole rings is 1. The van der Waals surface area contributed by atoms with E-state index in [2.05, 4.69) is 10.2 Å². The highest BCUT2D eigenvalue weighted by molar-refractivity contribution is 7.89. The summed E-state index contributed by atoms with van der Waals surface area (Å²) >= 11 is 0. The van der Waals surface area contributed by atoms with Crippen LogP contribution in [0.4, 0.5) is 13.2 Å². The van der Waals surface area contributed by atoms with Crippen molar-refractivity contribution in [3.8, 4) is 6.01 Å². The maximum atomic E-state index is 13.4. The summed E-state index contributed by atoms with van der Waals surface area (Å²) in [5.74, 6) is -0.993. The second kappa shape index (κ2) is 6.17. The Morgan fingerprint density at radius 2 is 1.96 bits per heavy atom. The molecule has 0 bridgehead atoms. The molecule has 0 atom stereocenters. The second-order valence-electron chi connectivity index (χ2n) is 6.76. The molecule has 2 heterocycles. The topological polar surface area (TPSA) is 126 Å². The molecule has 1 saturated carbocycles. The van der Waals surface area contributed by atoms with Gasteiger partial charge >= 0.3 is 18.1 Å². The molecule has 2 N–H and O–H groups in total. The summed E-state index contributed by atoms with van der Waals surface area (Å²) in [6, 6.07) is 3.08. The fourth-order valence-electron chi connectivity index (χ4n) is 3.00. The molecule has 13 heteroatoms. The average Bonchev–Trinajstić information content (AvgIpc) is 3.14. The smallest absolute Gasteiger partial charge is 0.337 e. The van der Waals surface area contributed by atoms with Gasteiger partial charge in [0.05, 0.1) is 22.6 Å². The van der Waals surface area contributed by atoms with Crippen LogP contribution in [0.3, 0.4) is 0 Å². The van der Waals surface area contributed by atoms with Gasteiger partial charge in [-0.1, -0.05) is 5.10 Å². The Labute approximate surface area is 155 Å². The molecule has 2 aromatic heterocycles. The van der Waals surface area contributed by atoms with E-state index in [9.17, 15) is 26.4 Å². The summed E-state index contributed by atoms with van der Waals surface area (Å²) in [5, 5.41) is 11.8. The van der Waals surface area contributed by atoms with Gasteiger partial charge in [0.1, 0.15) is 0 Å².